The number of piperazine rings is 1. The van der Waals surface area contributed by atoms with Gasteiger partial charge in [-0.15, -0.1) is 0 Å². The lowest BCUT2D eigenvalue weighted by Gasteiger charge is -2.34. The molecule has 2 aliphatic heterocycles. The van der Waals surface area contributed by atoms with Gasteiger partial charge >= 0.3 is 0 Å². The third kappa shape index (κ3) is 3.39. The minimum atomic E-state index is -3.56. The summed E-state index contributed by atoms with van der Waals surface area (Å²) in [6, 6.07) is 7.22. The van der Waals surface area contributed by atoms with Crippen LogP contribution in [0.1, 0.15) is 34.6 Å². The van der Waals surface area contributed by atoms with E-state index in [-0.39, 0.29) is 24.7 Å². The quantitative estimate of drug-likeness (QED) is 0.625. The number of nitrogens with zero attached hydrogens (tertiary/aromatic N) is 5. The SMILES string of the molecule is O=C(c1cnn2c1CCCC2)N1CCN(S(=O)(=O)Cc2noc3ccccc23)CC1. The monoisotopic (exact) mass is 429 g/mol. The highest BCUT2D eigenvalue weighted by Crippen LogP contribution is 2.23. The minimum Gasteiger partial charge on any atom is -0.356 e. The van der Waals surface area contributed by atoms with Crippen LogP contribution in [-0.4, -0.2) is 64.6 Å². The zero-order chi connectivity index (χ0) is 20.7. The van der Waals surface area contributed by atoms with Crippen LogP contribution >= 0.6 is 0 Å². The Morgan fingerprint density at radius 3 is 2.70 bits per heavy atom. The molecule has 0 atom stereocenters. The lowest BCUT2D eigenvalue weighted by Crippen LogP contribution is -2.50. The van der Waals surface area contributed by atoms with Crippen LogP contribution in [0.25, 0.3) is 11.0 Å². The largest absolute Gasteiger partial charge is 0.356 e. The highest BCUT2D eigenvalue weighted by Gasteiger charge is 2.32. The van der Waals surface area contributed by atoms with Gasteiger partial charge in [-0.25, -0.2) is 8.42 Å². The van der Waals surface area contributed by atoms with Crippen molar-refractivity contribution in [3.8, 4) is 0 Å². The third-order valence-corrected chi connectivity index (χ3v) is 7.69. The second kappa shape index (κ2) is 7.51. The first-order chi connectivity index (χ1) is 14.5. The zero-order valence-corrected chi connectivity index (χ0v) is 17.3. The van der Waals surface area contributed by atoms with Gasteiger partial charge in [0.1, 0.15) is 11.4 Å². The average molecular weight is 430 g/mol. The molecule has 5 rings (SSSR count). The summed E-state index contributed by atoms with van der Waals surface area (Å²) in [5, 5.41) is 8.99. The molecule has 30 heavy (non-hydrogen) atoms. The lowest BCUT2D eigenvalue weighted by molar-refractivity contribution is 0.0696. The molecule has 0 radical (unpaired) electrons. The summed E-state index contributed by atoms with van der Waals surface area (Å²) in [7, 11) is -3.56. The van der Waals surface area contributed by atoms with Crippen LogP contribution in [0.3, 0.4) is 0 Å². The average Bonchev–Trinajstić information content (AvgIpc) is 3.38. The number of sulfonamides is 1. The van der Waals surface area contributed by atoms with E-state index in [2.05, 4.69) is 10.3 Å². The zero-order valence-electron chi connectivity index (χ0n) is 16.5. The van der Waals surface area contributed by atoms with Gasteiger partial charge in [-0.2, -0.15) is 9.40 Å². The Bertz CT molecular complexity index is 1190. The van der Waals surface area contributed by atoms with Gasteiger partial charge in [-0.1, -0.05) is 17.3 Å². The standard InChI is InChI=1S/C20H23N5O4S/c26-20(16-13-21-25-8-4-3-6-18(16)25)23-9-11-24(12-10-23)30(27,28)14-17-15-5-1-2-7-19(15)29-22-17/h1-2,5,7,13H,3-4,6,8-12,14H2. The summed E-state index contributed by atoms with van der Waals surface area (Å²) in [5.41, 5.74) is 2.64. The van der Waals surface area contributed by atoms with Crippen molar-refractivity contribution in [1.29, 1.82) is 0 Å². The molecule has 1 aromatic carbocycles. The lowest BCUT2D eigenvalue weighted by atomic mass is 10.1. The van der Waals surface area contributed by atoms with Crippen molar-refractivity contribution in [3.63, 3.8) is 0 Å². The van der Waals surface area contributed by atoms with Gasteiger partial charge in [-0.3, -0.25) is 9.48 Å². The van der Waals surface area contributed by atoms with Crippen molar-refractivity contribution in [1.82, 2.24) is 24.1 Å². The molecule has 0 saturated carbocycles. The van der Waals surface area contributed by atoms with E-state index in [1.807, 2.05) is 16.8 Å². The molecule has 0 unspecified atom stereocenters. The molecule has 2 aromatic heterocycles. The van der Waals surface area contributed by atoms with Crippen LogP contribution in [0.2, 0.25) is 0 Å². The first-order valence-electron chi connectivity index (χ1n) is 10.2. The second-order valence-electron chi connectivity index (χ2n) is 7.76. The Balaban J connectivity index is 1.26. The van der Waals surface area contributed by atoms with Gasteiger partial charge in [0, 0.05) is 38.1 Å². The van der Waals surface area contributed by atoms with Crippen LogP contribution in [0.15, 0.2) is 35.0 Å². The van der Waals surface area contributed by atoms with Crippen molar-refractivity contribution in [2.45, 2.75) is 31.6 Å². The van der Waals surface area contributed by atoms with E-state index in [0.717, 1.165) is 31.5 Å². The molecular weight excluding hydrogens is 406 g/mol. The van der Waals surface area contributed by atoms with Gasteiger partial charge in [0.2, 0.25) is 10.0 Å². The molecule has 0 spiro atoms. The molecule has 1 saturated heterocycles. The molecule has 10 heteroatoms. The molecule has 2 aliphatic rings. The van der Waals surface area contributed by atoms with E-state index >= 15 is 0 Å². The summed E-state index contributed by atoms with van der Waals surface area (Å²) < 4.78 is 34.4. The number of hydrogen-bond acceptors (Lipinski definition) is 6. The first-order valence-corrected chi connectivity index (χ1v) is 11.8. The van der Waals surface area contributed by atoms with Crippen LogP contribution in [-0.2, 0) is 28.7 Å². The molecular formula is C20H23N5O4S. The smallest absolute Gasteiger partial charge is 0.257 e. The molecule has 158 valence electrons. The minimum absolute atomic E-state index is 0.0577. The van der Waals surface area contributed by atoms with Crippen molar-refractivity contribution in [2.24, 2.45) is 0 Å². The maximum atomic E-state index is 13.0. The van der Waals surface area contributed by atoms with Gasteiger partial charge in [0.05, 0.1) is 17.5 Å². The fourth-order valence-corrected chi connectivity index (χ4v) is 5.70. The van der Waals surface area contributed by atoms with Gasteiger partial charge in [-0.05, 0) is 31.4 Å². The van der Waals surface area contributed by atoms with E-state index in [1.54, 1.807) is 23.2 Å². The molecule has 0 aliphatic carbocycles. The molecule has 0 N–H and O–H groups in total. The van der Waals surface area contributed by atoms with E-state index in [9.17, 15) is 13.2 Å². The Hall–Kier alpha value is -2.72. The Kier molecular flexibility index (Phi) is 4.82. The molecule has 4 heterocycles. The summed E-state index contributed by atoms with van der Waals surface area (Å²) in [4.78, 5) is 14.7. The molecule has 1 amide bonds. The van der Waals surface area contributed by atoms with E-state index < -0.39 is 10.0 Å². The Morgan fingerprint density at radius 2 is 1.87 bits per heavy atom. The highest BCUT2D eigenvalue weighted by molar-refractivity contribution is 7.88. The Labute approximate surface area is 174 Å². The molecule has 1 fully saturated rings. The number of hydrogen-bond donors (Lipinski definition) is 0. The summed E-state index contributed by atoms with van der Waals surface area (Å²) >= 11 is 0. The molecule has 3 aromatic rings. The van der Waals surface area contributed by atoms with Crippen LogP contribution in [0.5, 0.6) is 0 Å². The maximum absolute atomic E-state index is 13.0. The van der Waals surface area contributed by atoms with Crippen molar-refractivity contribution in [3.05, 3.63) is 47.4 Å². The van der Waals surface area contributed by atoms with Gasteiger partial charge < -0.3 is 9.42 Å². The number of aromatic nitrogens is 3. The third-order valence-electron chi connectivity index (χ3n) is 5.90. The normalized spacial score (nSPS) is 17.9. The fourth-order valence-electron chi connectivity index (χ4n) is 4.25. The van der Waals surface area contributed by atoms with E-state index in [1.165, 1.54) is 4.31 Å². The topological polar surface area (TPSA) is 102 Å². The summed E-state index contributed by atoms with van der Waals surface area (Å²) in [5.74, 6) is -0.271. The van der Waals surface area contributed by atoms with Crippen molar-refractivity contribution >= 4 is 26.9 Å². The number of carbonyl (C=O) groups is 1. The van der Waals surface area contributed by atoms with Gasteiger partial charge in [0.15, 0.2) is 5.58 Å². The Morgan fingerprint density at radius 1 is 1.07 bits per heavy atom. The maximum Gasteiger partial charge on any atom is 0.257 e. The number of aryl methyl sites for hydroxylation is 1. The molecule has 0 bridgehead atoms. The molecule has 9 nitrogen and oxygen atoms in total. The van der Waals surface area contributed by atoms with Crippen molar-refractivity contribution < 1.29 is 17.7 Å². The predicted molar refractivity (Wildman–Crippen MR) is 109 cm³/mol. The number of amides is 1. The highest BCUT2D eigenvalue weighted by atomic mass is 32.2. The van der Waals surface area contributed by atoms with Crippen LogP contribution in [0.4, 0.5) is 0 Å². The number of rotatable bonds is 4. The number of carbonyl (C=O) groups excluding carboxylic acids is 1. The second-order valence-corrected chi connectivity index (χ2v) is 9.73. The van der Waals surface area contributed by atoms with Crippen LogP contribution < -0.4 is 0 Å². The van der Waals surface area contributed by atoms with E-state index in [4.69, 9.17) is 4.52 Å². The number of benzene rings is 1. The summed E-state index contributed by atoms with van der Waals surface area (Å²) in [6.07, 6.45) is 4.66. The fraction of sp³-hybridized carbons (Fsp3) is 0.450. The van der Waals surface area contributed by atoms with Gasteiger partial charge in [0.25, 0.3) is 5.91 Å². The first kappa shape index (κ1) is 19.3. The predicted octanol–water partition coefficient (Wildman–Crippen LogP) is 1.65. The number of fused-ring (bicyclic) bond motifs is 2. The number of para-hydroxylation sites is 1. The van der Waals surface area contributed by atoms with E-state index in [0.29, 0.717) is 35.3 Å². The van der Waals surface area contributed by atoms with Crippen LogP contribution in [0, 0.1) is 0 Å². The summed E-state index contributed by atoms with van der Waals surface area (Å²) in [6.45, 7) is 2.12. The van der Waals surface area contributed by atoms with Crippen molar-refractivity contribution in [2.75, 3.05) is 26.2 Å².